The van der Waals surface area contributed by atoms with Gasteiger partial charge in [0.2, 0.25) is 0 Å². The predicted molar refractivity (Wildman–Crippen MR) is 75.8 cm³/mol. The molecule has 0 aromatic carbocycles. The monoisotopic (exact) mass is 251 g/mol. The van der Waals surface area contributed by atoms with Gasteiger partial charge in [-0.05, 0) is 57.2 Å². The number of piperazine rings is 1. The van der Waals surface area contributed by atoms with Crippen molar-refractivity contribution in [1.29, 1.82) is 0 Å². The molecule has 104 valence electrons. The van der Waals surface area contributed by atoms with E-state index in [-0.39, 0.29) is 0 Å². The highest BCUT2D eigenvalue weighted by Gasteiger charge is 2.36. The fraction of sp³-hybridized carbons (Fsp3) is 1.00. The molecular formula is C15H29N3. The number of hydrogen-bond donors (Lipinski definition) is 1. The van der Waals surface area contributed by atoms with Crippen LogP contribution in [0.1, 0.15) is 32.6 Å². The molecule has 0 aromatic rings. The van der Waals surface area contributed by atoms with Gasteiger partial charge < -0.3 is 10.2 Å². The van der Waals surface area contributed by atoms with Crippen molar-refractivity contribution in [3.63, 3.8) is 0 Å². The predicted octanol–water partition coefficient (Wildman–Crippen LogP) is 1.40. The van der Waals surface area contributed by atoms with Crippen molar-refractivity contribution in [2.75, 3.05) is 46.3 Å². The number of nitrogens with zero attached hydrogens (tertiary/aromatic N) is 2. The van der Waals surface area contributed by atoms with E-state index < -0.39 is 0 Å². The summed E-state index contributed by atoms with van der Waals surface area (Å²) in [5.74, 6) is 0.998. The Balaban J connectivity index is 1.51. The van der Waals surface area contributed by atoms with Crippen molar-refractivity contribution in [3.8, 4) is 0 Å². The van der Waals surface area contributed by atoms with Crippen LogP contribution in [0.5, 0.6) is 0 Å². The summed E-state index contributed by atoms with van der Waals surface area (Å²) in [6, 6.07) is 0.800. The van der Waals surface area contributed by atoms with E-state index in [1.54, 1.807) is 0 Å². The molecule has 2 aliphatic heterocycles. The zero-order valence-corrected chi connectivity index (χ0v) is 12.1. The number of rotatable bonds is 3. The molecular weight excluding hydrogens is 222 g/mol. The second kappa shape index (κ2) is 5.10. The molecule has 1 unspecified atom stereocenters. The Kier molecular flexibility index (Phi) is 3.65. The van der Waals surface area contributed by atoms with Crippen LogP contribution in [-0.4, -0.2) is 62.2 Å². The van der Waals surface area contributed by atoms with E-state index in [2.05, 4.69) is 29.1 Å². The Morgan fingerprint density at radius 2 is 1.89 bits per heavy atom. The summed E-state index contributed by atoms with van der Waals surface area (Å²) in [7, 11) is 2.26. The van der Waals surface area contributed by atoms with Crippen LogP contribution < -0.4 is 5.32 Å². The van der Waals surface area contributed by atoms with Gasteiger partial charge in [0, 0.05) is 32.2 Å². The van der Waals surface area contributed by atoms with Crippen LogP contribution >= 0.6 is 0 Å². The highest BCUT2D eigenvalue weighted by atomic mass is 15.2. The Morgan fingerprint density at radius 1 is 1.17 bits per heavy atom. The van der Waals surface area contributed by atoms with Crippen LogP contribution in [-0.2, 0) is 0 Å². The summed E-state index contributed by atoms with van der Waals surface area (Å²) >= 11 is 0. The zero-order valence-electron chi connectivity index (χ0n) is 12.1. The minimum Gasteiger partial charge on any atom is -0.311 e. The van der Waals surface area contributed by atoms with Gasteiger partial charge in [0.15, 0.2) is 0 Å². The van der Waals surface area contributed by atoms with Gasteiger partial charge in [-0.3, -0.25) is 4.90 Å². The highest BCUT2D eigenvalue weighted by molar-refractivity contribution is 4.93. The van der Waals surface area contributed by atoms with Crippen molar-refractivity contribution < 1.29 is 0 Å². The van der Waals surface area contributed by atoms with Crippen LogP contribution in [0.3, 0.4) is 0 Å². The summed E-state index contributed by atoms with van der Waals surface area (Å²) < 4.78 is 0. The number of nitrogens with one attached hydrogen (secondary N) is 1. The number of piperidine rings is 1. The molecule has 1 saturated carbocycles. The van der Waals surface area contributed by atoms with Gasteiger partial charge in [-0.1, -0.05) is 6.92 Å². The van der Waals surface area contributed by atoms with E-state index in [4.69, 9.17) is 0 Å². The molecule has 3 nitrogen and oxygen atoms in total. The summed E-state index contributed by atoms with van der Waals surface area (Å²) in [5, 5.41) is 3.72. The molecule has 1 aliphatic carbocycles. The Morgan fingerprint density at radius 3 is 2.56 bits per heavy atom. The molecule has 3 aliphatic rings. The van der Waals surface area contributed by atoms with Gasteiger partial charge in [-0.15, -0.1) is 0 Å². The number of likely N-dealkylation sites (tertiary alicyclic amines) is 1. The summed E-state index contributed by atoms with van der Waals surface area (Å²) in [6.45, 7) is 10.2. The normalized spacial score (nSPS) is 34.7. The molecule has 18 heavy (non-hydrogen) atoms. The summed E-state index contributed by atoms with van der Waals surface area (Å²) in [4.78, 5) is 5.22. The fourth-order valence-corrected chi connectivity index (χ4v) is 3.66. The maximum absolute atomic E-state index is 3.72. The van der Waals surface area contributed by atoms with E-state index in [9.17, 15) is 0 Å². The zero-order chi connectivity index (χ0) is 12.6. The summed E-state index contributed by atoms with van der Waals surface area (Å²) in [5.41, 5.74) is 0.567. The van der Waals surface area contributed by atoms with E-state index in [0.717, 1.165) is 12.0 Å². The van der Waals surface area contributed by atoms with Gasteiger partial charge in [0.05, 0.1) is 0 Å². The van der Waals surface area contributed by atoms with Gasteiger partial charge >= 0.3 is 0 Å². The lowest BCUT2D eigenvalue weighted by atomic mass is 9.79. The third-order valence-corrected chi connectivity index (χ3v) is 5.28. The molecule has 0 aromatic heterocycles. The molecule has 3 heteroatoms. The van der Waals surface area contributed by atoms with Crippen LogP contribution in [0, 0.1) is 11.3 Å². The molecule has 1 N–H and O–H groups in total. The van der Waals surface area contributed by atoms with Crippen LogP contribution in [0.4, 0.5) is 0 Å². The lowest BCUT2D eigenvalue weighted by Gasteiger charge is -2.43. The first-order valence-electron chi connectivity index (χ1n) is 7.79. The standard InChI is InChI=1S/C15H29N3/c1-15(5-8-17(2)9-6-15)12-18-10-7-16-14(11-18)13-3-4-13/h13-14,16H,3-12H2,1-2H3. The Labute approximate surface area is 112 Å². The average molecular weight is 251 g/mol. The molecule has 3 fully saturated rings. The van der Waals surface area contributed by atoms with E-state index in [1.165, 1.54) is 65.0 Å². The first-order chi connectivity index (χ1) is 8.65. The van der Waals surface area contributed by atoms with Gasteiger partial charge in [-0.2, -0.15) is 0 Å². The molecule has 0 spiro atoms. The van der Waals surface area contributed by atoms with Crippen molar-refractivity contribution in [1.82, 2.24) is 15.1 Å². The minimum absolute atomic E-state index is 0.567. The quantitative estimate of drug-likeness (QED) is 0.818. The van der Waals surface area contributed by atoms with Crippen LogP contribution in [0.25, 0.3) is 0 Å². The second-order valence-corrected chi connectivity index (χ2v) is 7.25. The molecule has 0 bridgehead atoms. The molecule has 3 rings (SSSR count). The molecule has 2 saturated heterocycles. The Hall–Kier alpha value is -0.120. The third kappa shape index (κ3) is 3.06. The average Bonchev–Trinajstić information content (AvgIpc) is 3.18. The first kappa shape index (κ1) is 12.9. The Bertz CT molecular complexity index is 279. The highest BCUT2D eigenvalue weighted by Crippen LogP contribution is 2.35. The van der Waals surface area contributed by atoms with Crippen molar-refractivity contribution in [2.45, 2.75) is 38.6 Å². The smallest absolute Gasteiger partial charge is 0.0223 e. The first-order valence-corrected chi connectivity index (χ1v) is 7.79. The van der Waals surface area contributed by atoms with Crippen LogP contribution in [0.2, 0.25) is 0 Å². The SMILES string of the molecule is CN1CCC(C)(CN2CCNC(C3CC3)C2)CC1. The topological polar surface area (TPSA) is 18.5 Å². The molecule has 1 atom stereocenters. The van der Waals surface area contributed by atoms with E-state index in [1.807, 2.05) is 0 Å². The minimum atomic E-state index is 0.567. The third-order valence-electron chi connectivity index (χ3n) is 5.28. The maximum atomic E-state index is 3.72. The van der Waals surface area contributed by atoms with Crippen molar-refractivity contribution >= 4 is 0 Å². The van der Waals surface area contributed by atoms with Crippen molar-refractivity contribution in [3.05, 3.63) is 0 Å². The van der Waals surface area contributed by atoms with Gasteiger partial charge in [-0.25, -0.2) is 0 Å². The molecule has 0 amide bonds. The fourth-order valence-electron chi connectivity index (χ4n) is 3.66. The maximum Gasteiger partial charge on any atom is 0.0223 e. The van der Waals surface area contributed by atoms with E-state index >= 15 is 0 Å². The molecule has 0 radical (unpaired) electrons. The van der Waals surface area contributed by atoms with Crippen molar-refractivity contribution in [2.24, 2.45) is 11.3 Å². The lowest BCUT2D eigenvalue weighted by Crippen LogP contribution is -2.54. The largest absolute Gasteiger partial charge is 0.311 e. The van der Waals surface area contributed by atoms with Gasteiger partial charge in [0.1, 0.15) is 0 Å². The second-order valence-electron chi connectivity index (χ2n) is 7.25. The van der Waals surface area contributed by atoms with Gasteiger partial charge in [0.25, 0.3) is 0 Å². The lowest BCUT2D eigenvalue weighted by molar-refractivity contribution is 0.0694. The summed E-state index contributed by atoms with van der Waals surface area (Å²) in [6.07, 6.45) is 5.68. The molecule has 2 heterocycles. The number of hydrogen-bond acceptors (Lipinski definition) is 3. The van der Waals surface area contributed by atoms with Crippen LogP contribution in [0.15, 0.2) is 0 Å². The van der Waals surface area contributed by atoms with E-state index in [0.29, 0.717) is 5.41 Å².